The zero-order chi connectivity index (χ0) is 21.0. The van der Waals surface area contributed by atoms with Crippen molar-refractivity contribution in [2.75, 3.05) is 18.9 Å². The Morgan fingerprint density at radius 1 is 1.14 bits per heavy atom. The van der Waals surface area contributed by atoms with Gasteiger partial charge in [0.05, 0.1) is 11.6 Å². The Morgan fingerprint density at radius 2 is 1.83 bits per heavy atom. The molecule has 0 saturated carbocycles. The molecule has 0 atom stereocenters. The number of rotatable bonds is 6. The summed E-state index contributed by atoms with van der Waals surface area (Å²) in [5, 5.41) is 7.35. The van der Waals surface area contributed by atoms with Gasteiger partial charge in [-0.25, -0.2) is 0 Å². The van der Waals surface area contributed by atoms with E-state index in [-0.39, 0.29) is 18.4 Å². The van der Waals surface area contributed by atoms with Crippen LogP contribution in [0.2, 0.25) is 5.02 Å². The molecule has 1 N–H and O–H groups in total. The van der Waals surface area contributed by atoms with Crippen molar-refractivity contribution in [3.8, 4) is 11.3 Å². The number of likely N-dealkylation sites (N-methyl/N-ethyl adjacent to an activating group) is 1. The van der Waals surface area contributed by atoms with Crippen LogP contribution in [0.3, 0.4) is 0 Å². The van der Waals surface area contributed by atoms with Crippen LogP contribution in [-0.2, 0) is 11.2 Å². The largest absolute Gasteiger partial charge is 0.360 e. The van der Waals surface area contributed by atoms with Gasteiger partial charge in [0.2, 0.25) is 5.91 Å². The van der Waals surface area contributed by atoms with Gasteiger partial charge in [-0.3, -0.25) is 9.59 Å². The summed E-state index contributed by atoms with van der Waals surface area (Å²) in [7, 11) is 1.57. The molecular weight excluding hydrogens is 390 g/mol. The van der Waals surface area contributed by atoms with Gasteiger partial charge in [-0.05, 0) is 31.0 Å². The standard InChI is InChI=1S/C22H22ClN3O3/c1-4-15-9-5-8-12-18(15)24-19(27)13-26(3)22(28)20-14(2)29-25-21(20)16-10-6-7-11-17(16)23/h5-12H,4,13H2,1-3H3,(H,24,27). The first kappa shape index (κ1) is 20.6. The monoisotopic (exact) mass is 411 g/mol. The molecule has 2 amide bonds. The summed E-state index contributed by atoms with van der Waals surface area (Å²) in [4.78, 5) is 26.9. The quantitative estimate of drug-likeness (QED) is 0.644. The number of carbonyl (C=O) groups excluding carboxylic acids is 2. The molecule has 0 unspecified atom stereocenters. The average molecular weight is 412 g/mol. The molecular formula is C22H22ClN3O3. The van der Waals surface area contributed by atoms with Gasteiger partial charge >= 0.3 is 0 Å². The molecule has 1 aromatic heterocycles. The van der Waals surface area contributed by atoms with E-state index < -0.39 is 0 Å². The summed E-state index contributed by atoms with van der Waals surface area (Å²) >= 11 is 6.26. The first-order valence-electron chi connectivity index (χ1n) is 9.26. The maximum absolute atomic E-state index is 13.0. The first-order chi connectivity index (χ1) is 13.9. The molecule has 7 heteroatoms. The van der Waals surface area contributed by atoms with Crippen molar-refractivity contribution >= 4 is 29.1 Å². The predicted octanol–water partition coefficient (Wildman–Crippen LogP) is 4.58. The number of anilines is 1. The molecule has 0 fully saturated rings. The molecule has 0 radical (unpaired) electrons. The highest BCUT2D eigenvalue weighted by molar-refractivity contribution is 6.33. The van der Waals surface area contributed by atoms with Crippen molar-refractivity contribution in [2.24, 2.45) is 0 Å². The topological polar surface area (TPSA) is 75.4 Å². The highest BCUT2D eigenvalue weighted by Crippen LogP contribution is 2.31. The molecule has 6 nitrogen and oxygen atoms in total. The van der Waals surface area contributed by atoms with Gasteiger partial charge in [-0.1, -0.05) is 60.1 Å². The maximum Gasteiger partial charge on any atom is 0.259 e. The minimum atomic E-state index is -0.363. The van der Waals surface area contributed by atoms with Gasteiger partial charge in [0.15, 0.2) is 0 Å². The van der Waals surface area contributed by atoms with Gasteiger partial charge in [0.25, 0.3) is 5.91 Å². The van der Waals surface area contributed by atoms with Gasteiger partial charge in [0.1, 0.15) is 17.0 Å². The van der Waals surface area contributed by atoms with Crippen molar-refractivity contribution < 1.29 is 14.1 Å². The molecule has 0 spiro atoms. The van der Waals surface area contributed by atoms with Crippen LogP contribution in [0, 0.1) is 6.92 Å². The zero-order valence-corrected chi connectivity index (χ0v) is 17.3. The molecule has 3 rings (SSSR count). The maximum atomic E-state index is 13.0. The lowest BCUT2D eigenvalue weighted by Crippen LogP contribution is -2.35. The van der Waals surface area contributed by atoms with Crippen molar-refractivity contribution in [3.05, 3.63) is 70.4 Å². The second-order valence-corrected chi connectivity index (χ2v) is 7.07. The lowest BCUT2D eigenvalue weighted by Gasteiger charge is -2.18. The van der Waals surface area contributed by atoms with Crippen LogP contribution < -0.4 is 5.32 Å². The number of aryl methyl sites for hydroxylation is 2. The normalized spacial score (nSPS) is 10.6. The van der Waals surface area contributed by atoms with Crippen molar-refractivity contribution in [2.45, 2.75) is 20.3 Å². The van der Waals surface area contributed by atoms with E-state index in [0.29, 0.717) is 27.6 Å². The molecule has 0 saturated heterocycles. The molecule has 0 aliphatic carbocycles. The summed E-state index contributed by atoms with van der Waals surface area (Å²) < 4.78 is 5.25. The fourth-order valence-corrected chi connectivity index (χ4v) is 3.30. The van der Waals surface area contributed by atoms with Crippen LogP contribution in [0.1, 0.15) is 28.6 Å². The number of amides is 2. The minimum absolute atomic E-state index is 0.108. The first-order valence-corrected chi connectivity index (χ1v) is 9.64. The summed E-state index contributed by atoms with van der Waals surface area (Å²) in [5.41, 5.74) is 3.04. The number of hydrogen-bond acceptors (Lipinski definition) is 4. The SMILES string of the molecule is CCc1ccccc1NC(=O)CN(C)C(=O)c1c(-c2ccccc2Cl)noc1C. The molecule has 2 aromatic carbocycles. The molecule has 0 aliphatic rings. The fraction of sp³-hybridized carbons (Fsp3) is 0.227. The molecule has 3 aromatic rings. The Bertz CT molecular complexity index is 1050. The Balaban J connectivity index is 1.78. The molecule has 1 heterocycles. The third-order valence-electron chi connectivity index (χ3n) is 4.61. The second-order valence-electron chi connectivity index (χ2n) is 6.66. The number of halogens is 1. The lowest BCUT2D eigenvalue weighted by atomic mass is 10.1. The number of benzene rings is 2. The Labute approximate surface area is 174 Å². The zero-order valence-electron chi connectivity index (χ0n) is 16.5. The van der Waals surface area contributed by atoms with Gasteiger partial charge < -0.3 is 14.7 Å². The third-order valence-corrected chi connectivity index (χ3v) is 4.93. The number of nitrogens with zero attached hydrogens (tertiary/aromatic N) is 2. The second kappa shape index (κ2) is 8.92. The number of nitrogens with one attached hydrogen (secondary N) is 1. The Morgan fingerprint density at radius 3 is 2.55 bits per heavy atom. The Hall–Kier alpha value is -3.12. The van der Waals surface area contributed by atoms with E-state index in [4.69, 9.17) is 16.1 Å². The van der Waals surface area contributed by atoms with E-state index >= 15 is 0 Å². The number of aromatic nitrogens is 1. The van der Waals surface area contributed by atoms with E-state index in [9.17, 15) is 9.59 Å². The van der Waals surface area contributed by atoms with Crippen molar-refractivity contribution in [1.82, 2.24) is 10.1 Å². The van der Waals surface area contributed by atoms with Crippen LogP contribution in [0.25, 0.3) is 11.3 Å². The summed E-state index contributed by atoms with van der Waals surface area (Å²) in [6.07, 6.45) is 0.798. The highest BCUT2D eigenvalue weighted by Gasteiger charge is 2.26. The minimum Gasteiger partial charge on any atom is -0.360 e. The highest BCUT2D eigenvalue weighted by atomic mass is 35.5. The molecule has 29 heavy (non-hydrogen) atoms. The van der Waals surface area contributed by atoms with Crippen LogP contribution in [-0.4, -0.2) is 35.5 Å². The van der Waals surface area contributed by atoms with Gasteiger partial charge in [-0.15, -0.1) is 0 Å². The van der Waals surface area contributed by atoms with Crippen LogP contribution in [0.5, 0.6) is 0 Å². The van der Waals surface area contributed by atoms with Crippen molar-refractivity contribution in [3.63, 3.8) is 0 Å². The van der Waals surface area contributed by atoms with Crippen molar-refractivity contribution in [1.29, 1.82) is 0 Å². The molecule has 150 valence electrons. The summed E-state index contributed by atoms with van der Waals surface area (Å²) in [6, 6.07) is 14.7. The molecule has 0 bridgehead atoms. The van der Waals surface area contributed by atoms with E-state index in [1.165, 1.54) is 4.90 Å². The average Bonchev–Trinajstić information content (AvgIpc) is 3.09. The fourth-order valence-electron chi connectivity index (χ4n) is 3.08. The predicted molar refractivity (Wildman–Crippen MR) is 113 cm³/mol. The number of hydrogen-bond donors (Lipinski definition) is 1. The van der Waals surface area contributed by atoms with E-state index in [2.05, 4.69) is 10.5 Å². The van der Waals surface area contributed by atoms with Crippen LogP contribution >= 0.6 is 11.6 Å². The lowest BCUT2D eigenvalue weighted by molar-refractivity contribution is -0.116. The summed E-state index contributed by atoms with van der Waals surface area (Å²) in [6.45, 7) is 3.57. The molecule has 0 aliphatic heterocycles. The van der Waals surface area contributed by atoms with Gasteiger partial charge in [0, 0.05) is 18.3 Å². The summed E-state index contributed by atoms with van der Waals surface area (Å²) in [5.74, 6) is -0.277. The van der Waals surface area contributed by atoms with E-state index in [1.807, 2.05) is 37.3 Å². The Kier molecular flexibility index (Phi) is 6.34. The van der Waals surface area contributed by atoms with Crippen LogP contribution in [0.4, 0.5) is 5.69 Å². The van der Waals surface area contributed by atoms with E-state index in [0.717, 1.165) is 17.7 Å². The van der Waals surface area contributed by atoms with Crippen LogP contribution in [0.15, 0.2) is 53.1 Å². The number of carbonyl (C=O) groups is 2. The smallest absolute Gasteiger partial charge is 0.259 e. The third kappa shape index (κ3) is 4.49. The van der Waals surface area contributed by atoms with Gasteiger partial charge in [-0.2, -0.15) is 0 Å². The van der Waals surface area contributed by atoms with E-state index in [1.54, 1.807) is 32.2 Å². The number of para-hydroxylation sites is 1.